The van der Waals surface area contributed by atoms with Crippen LogP contribution in [0.3, 0.4) is 0 Å². The molecule has 0 heterocycles. The highest BCUT2D eigenvalue weighted by molar-refractivity contribution is 5.79. The van der Waals surface area contributed by atoms with Gasteiger partial charge in [-0.15, -0.1) is 0 Å². The molecule has 0 fully saturated rings. The van der Waals surface area contributed by atoms with E-state index in [2.05, 4.69) is 5.32 Å². The number of carboxylic acids is 1. The lowest BCUT2D eigenvalue weighted by molar-refractivity contribution is -0.385. The molecule has 1 unspecified atom stereocenters. The molecule has 10 heteroatoms. The summed E-state index contributed by atoms with van der Waals surface area (Å²) >= 11 is 0. The number of nitro benzene ring substituents is 1. The van der Waals surface area contributed by atoms with Gasteiger partial charge in [0.2, 0.25) is 0 Å². The average Bonchev–Trinajstić information content (AvgIpc) is 3.19. The van der Waals surface area contributed by atoms with Crippen LogP contribution in [0.4, 0.5) is 10.5 Å². The minimum atomic E-state index is -1.24. The Morgan fingerprint density at radius 2 is 1.67 bits per heavy atom. The summed E-state index contributed by atoms with van der Waals surface area (Å²) in [5.41, 5.74) is 4.12. The number of methoxy groups -OCH3 is 1. The van der Waals surface area contributed by atoms with Crippen molar-refractivity contribution < 1.29 is 33.8 Å². The highest BCUT2D eigenvalue weighted by atomic mass is 16.6. The van der Waals surface area contributed by atoms with E-state index in [0.717, 1.165) is 28.3 Å². The van der Waals surface area contributed by atoms with Gasteiger partial charge < -0.3 is 24.6 Å². The fourth-order valence-corrected chi connectivity index (χ4v) is 4.38. The molecule has 36 heavy (non-hydrogen) atoms. The Balaban J connectivity index is 1.49. The fraction of sp³-hybridized carbons (Fsp3) is 0.231. The molecule has 3 aromatic rings. The molecular formula is C26H24N2O8. The predicted molar refractivity (Wildman–Crippen MR) is 129 cm³/mol. The van der Waals surface area contributed by atoms with Gasteiger partial charge in [-0.05, 0) is 35.2 Å². The van der Waals surface area contributed by atoms with Gasteiger partial charge in [0.15, 0.2) is 18.1 Å². The number of carbonyl (C=O) groups is 2. The van der Waals surface area contributed by atoms with Crippen molar-refractivity contribution in [3.05, 3.63) is 87.5 Å². The number of amides is 1. The molecule has 0 spiro atoms. The molecule has 2 N–H and O–H groups in total. The molecule has 0 saturated heterocycles. The Labute approximate surface area is 206 Å². The van der Waals surface area contributed by atoms with Crippen molar-refractivity contribution in [1.82, 2.24) is 5.32 Å². The first-order valence-electron chi connectivity index (χ1n) is 11.1. The molecule has 1 atom stereocenters. The minimum absolute atomic E-state index is 0.0938. The molecule has 0 aliphatic heterocycles. The number of hydrogen-bond acceptors (Lipinski definition) is 7. The Kier molecular flexibility index (Phi) is 7.05. The van der Waals surface area contributed by atoms with Crippen molar-refractivity contribution >= 4 is 17.7 Å². The molecule has 0 aromatic heterocycles. The predicted octanol–water partition coefficient (Wildman–Crippen LogP) is 4.67. The second kappa shape index (κ2) is 10.3. The number of rotatable bonds is 9. The SMILES string of the molecule is COc1cc(C(C)NC(=O)OCC2c3ccccc3-c3ccccc32)c([N+](=O)[O-])cc1OCC(=O)O. The van der Waals surface area contributed by atoms with Crippen LogP contribution in [0.5, 0.6) is 11.5 Å². The summed E-state index contributed by atoms with van der Waals surface area (Å²) in [5, 5.41) is 23.1. The van der Waals surface area contributed by atoms with E-state index >= 15 is 0 Å². The molecule has 1 aliphatic carbocycles. The molecule has 1 aliphatic rings. The molecule has 4 rings (SSSR count). The quantitative estimate of drug-likeness (QED) is 0.325. The number of nitro groups is 1. The lowest BCUT2D eigenvalue weighted by Crippen LogP contribution is -2.29. The summed E-state index contributed by atoms with van der Waals surface area (Å²) in [6.07, 6.45) is -0.733. The Bertz CT molecular complexity index is 1280. The first-order chi connectivity index (χ1) is 17.3. The number of benzene rings is 3. The number of ether oxygens (including phenoxy) is 3. The van der Waals surface area contributed by atoms with E-state index < -0.39 is 29.6 Å². The van der Waals surface area contributed by atoms with Gasteiger partial charge in [0.1, 0.15) is 6.61 Å². The van der Waals surface area contributed by atoms with Crippen LogP contribution in [0.1, 0.15) is 35.6 Å². The van der Waals surface area contributed by atoms with Gasteiger partial charge in [0.25, 0.3) is 5.69 Å². The van der Waals surface area contributed by atoms with Crippen LogP contribution in [-0.4, -0.2) is 42.4 Å². The molecule has 10 nitrogen and oxygen atoms in total. The maximum Gasteiger partial charge on any atom is 0.407 e. The van der Waals surface area contributed by atoms with E-state index in [0.29, 0.717) is 0 Å². The maximum absolute atomic E-state index is 12.7. The third-order valence-electron chi connectivity index (χ3n) is 6.01. The summed E-state index contributed by atoms with van der Waals surface area (Å²) in [4.78, 5) is 34.5. The summed E-state index contributed by atoms with van der Waals surface area (Å²) < 4.78 is 15.8. The minimum Gasteiger partial charge on any atom is -0.493 e. The van der Waals surface area contributed by atoms with Crippen LogP contribution in [-0.2, 0) is 9.53 Å². The fourth-order valence-electron chi connectivity index (χ4n) is 4.38. The monoisotopic (exact) mass is 492 g/mol. The van der Waals surface area contributed by atoms with Crippen LogP contribution >= 0.6 is 0 Å². The van der Waals surface area contributed by atoms with Crippen molar-refractivity contribution in [3.63, 3.8) is 0 Å². The third kappa shape index (κ3) is 4.92. The van der Waals surface area contributed by atoms with Crippen molar-refractivity contribution in [3.8, 4) is 22.6 Å². The lowest BCUT2D eigenvalue weighted by Gasteiger charge is -2.19. The zero-order chi connectivity index (χ0) is 25.8. The number of carbonyl (C=O) groups excluding carboxylic acids is 1. The molecular weight excluding hydrogens is 468 g/mol. The molecule has 0 bridgehead atoms. The largest absolute Gasteiger partial charge is 0.493 e. The van der Waals surface area contributed by atoms with Crippen molar-refractivity contribution in [1.29, 1.82) is 0 Å². The van der Waals surface area contributed by atoms with E-state index in [4.69, 9.17) is 19.3 Å². The highest BCUT2D eigenvalue weighted by Gasteiger charge is 2.30. The van der Waals surface area contributed by atoms with E-state index in [1.807, 2.05) is 48.5 Å². The smallest absolute Gasteiger partial charge is 0.407 e. The first-order valence-corrected chi connectivity index (χ1v) is 11.1. The number of fused-ring (bicyclic) bond motifs is 3. The molecule has 1 amide bonds. The van der Waals surface area contributed by atoms with Crippen molar-refractivity contribution in [2.24, 2.45) is 0 Å². The summed E-state index contributed by atoms with van der Waals surface area (Å²) in [6.45, 7) is 0.974. The Hall–Kier alpha value is -4.60. The van der Waals surface area contributed by atoms with Crippen LogP contribution in [0, 0.1) is 10.1 Å². The average molecular weight is 492 g/mol. The van der Waals surface area contributed by atoms with Crippen LogP contribution in [0.25, 0.3) is 11.1 Å². The van der Waals surface area contributed by atoms with Gasteiger partial charge in [-0.3, -0.25) is 10.1 Å². The first kappa shape index (κ1) is 24.5. The van der Waals surface area contributed by atoms with E-state index in [-0.39, 0.29) is 35.3 Å². The van der Waals surface area contributed by atoms with Gasteiger partial charge in [0.05, 0.1) is 29.7 Å². The number of carboxylic acid groups (broad SMARTS) is 1. The third-order valence-corrected chi connectivity index (χ3v) is 6.01. The molecule has 186 valence electrons. The van der Waals surface area contributed by atoms with Crippen LogP contribution < -0.4 is 14.8 Å². The number of aliphatic carboxylic acids is 1. The van der Waals surface area contributed by atoms with E-state index in [1.54, 1.807) is 6.92 Å². The Morgan fingerprint density at radius 1 is 1.06 bits per heavy atom. The molecule has 3 aromatic carbocycles. The molecule has 0 saturated carbocycles. The Morgan fingerprint density at radius 3 is 2.22 bits per heavy atom. The number of hydrogen-bond donors (Lipinski definition) is 2. The van der Waals surface area contributed by atoms with E-state index in [1.165, 1.54) is 13.2 Å². The van der Waals surface area contributed by atoms with Crippen LogP contribution in [0.15, 0.2) is 60.7 Å². The van der Waals surface area contributed by atoms with Gasteiger partial charge in [-0.25, -0.2) is 9.59 Å². The van der Waals surface area contributed by atoms with Gasteiger partial charge in [-0.2, -0.15) is 0 Å². The van der Waals surface area contributed by atoms with Gasteiger partial charge in [-0.1, -0.05) is 48.5 Å². The number of nitrogens with one attached hydrogen (secondary N) is 1. The lowest BCUT2D eigenvalue weighted by atomic mass is 9.98. The number of nitrogens with zero attached hydrogens (tertiary/aromatic N) is 1. The topological polar surface area (TPSA) is 137 Å². The molecule has 0 radical (unpaired) electrons. The summed E-state index contributed by atoms with van der Waals surface area (Å²) in [6, 6.07) is 17.5. The second-order valence-electron chi connectivity index (χ2n) is 8.19. The second-order valence-corrected chi connectivity index (χ2v) is 8.19. The number of alkyl carbamates (subject to hydrolysis) is 1. The van der Waals surface area contributed by atoms with Gasteiger partial charge >= 0.3 is 12.1 Å². The normalized spacial score (nSPS) is 12.7. The standard InChI is InChI=1S/C26H24N2O8/c1-15(20-11-23(34-2)24(35-14-25(29)30)12-22(20)28(32)33)27-26(31)36-13-21-18-9-5-3-7-16(18)17-8-4-6-10-19(17)21/h3-12,15,21H,13-14H2,1-2H3,(H,27,31)(H,29,30). The van der Waals surface area contributed by atoms with Crippen molar-refractivity contribution in [2.75, 3.05) is 20.3 Å². The highest BCUT2D eigenvalue weighted by Crippen LogP contribution is 2.44. The maximum atomic E-state index is 12.7. The summed E-state index contributed by atoms with van der Waals surface area (Å²) in [5.74, 6) is -1.37. The van der Waals surface area contributed by atoms with Crippen LogP contribution in [0.2, 0.25) is 0 Å². The zero-order valence-corrected chi connectivity index (χ0v) is 19.6. The summed E-state index contributed by atoms with van der Waals surface area (Å²) in [7, 11) is 1.32. The van der Waals surface area contributed by atoms with Crippen molar-refractivity contribution in [2.45, 2.75) is 18.9 Å². The zero-order valence-electron chi connectivity index (χ0n) is 19.6. The van der Waals surface area contributed by atoms with Gasteiger partial charge in [0, 0.05) is 5.92 Å². The van der Waals surface area contributed by atoms with E-state index in [9.17, 15) is 19.7 Å².